The van der Waals surface area contributed by atoms with Gasteiger partial charge in [-0.2, -0.15) is 0 Å². The van der Waals surface area contributed by atoms with Crippen molar-refractivity contribution in [3.8, 4) is 17.2 Å². The smallest absolute Gasteiger partial charge is 0.407 e. The van der Waals surface area contributed by atoms with E-state index in [-0.39, 0.29) is 11.9 Å². The summed E-state index contributed by atoms with van der Waals surface area (Å²) in [6.45, 7) is 6.62. The first-order valence-electron chi connectivity index (χ1n) is 9.93. The van der Waals surface area contributed by atoms with Crippen molar-refractivity contribution in [2.45, 2.75) is 45.3 Å². The Morgan fingerprint density at radius 1 is 1.03 bits per heavy atom. The van der Waals surface area contributed by atoms with E-state index < -0.39 is 11.7 Å². The lowest BCUT2D eigenvalue weighted by molar-refractivity contribution is -0.127. The Morgan fingerprint density at radius 3 is 2.07 bits per heavy atom. The van der Waals surface area contributed by atoms with Gasteiger partial charge in [0.25, 0.3) is 0 Å². The zero-order chi connectivity index (χ0) is 22.3. The number of carbonyl (C=O) groups is 2. The number of methoxy groups -OCH3 is 3. The minimum Gasteiger partial charge on any atom is -0.493 e. The van der Waals surface area contributed by atoms with Crippen LogP contribution in [0, 0.1) is 0 Å². The number of benzene rings is 1. The van der Waals surface area contributed by atoms with Gasteiger partial charge in [0.05, 0.1) is 21.3 Å². The molecule has 0 unspecified atom stereocenters. The number of ether oxygens (including phenoxy) is 4. The molecule has 0 aromatic heterocycles. The van der Waals surface area contributed by atoms with Crippen LogP contribution < -0.4 is 19.5 Å². The van der Waals surface area contributed by atoms with E-state index in [0.29, 0.717) is 43.2 Å². The van der Waals surface area contributed by atoms with E-state index in [0.717, 1.165) is 5.56 Å². The lowest BCUT2D eigenvalue weighted by Gasteiger charge is -2.32. The van der Waals surface area contributed by atoms with E-state index in [1.165, 1.54) is 6.08 Å². The zero-order valence-corrected chi connectivity index (χ0v) is 18.6. The van der Waals surface area contributed by atoms with Gasteiger partial charge < -0.3 is 29.2 Å². The second kappa shape index (κ2) is 10.2. The van der Waals surface area contributed by atoms with Crippen molar-refractivity contribution in [3.63, 3.8) is 0 Å². The Balaban J connectivity index is 1.93. The summed E-state index contributed by atoms with van der Waals surface area (Å²) in [4.78, 5) is 26.2. The molecule has 0 aliphatic carbocycles. The first kappa shape index (κ1) is 23.4. The number of hydrogen-bond acceptors (Lipinski definition) is 6. The van der Waals surface area contributed by atoms with Gasteiger partial charge in [-0.25, -0.2) is 4.79 Å². The molecular formula is C22H32N2O6. The van der Waals surface area contributed by atoms with Crippen LogP contribution in [0.1, 0.15) is 39.2 Å². The van der Waals surface area contributed by atoms with Gasteiger partial charge in [-0.15, -0.1) is 0 Å². The monoisotopic (exact) mass is 420 g/mol. The molecule has 1 aliphatic heterocycles. The second-order valence-electron chi connectivity index (χ2n) is 8.04. The van der Waals surface area contributed by atoms with E-state index in [2.05, 4.69) is 5.32 Å². The normalized spacial score (nSPS) is 15.1. The van der Waals surface area contributed by atoms with Crippen LogP contribution >= 0.6 is 0 Å². The van der Waals surface area contributed by atoms with Crippen LogP contribution in [0.4, 0.5) is 4.79 Å². The summed E-state index contributed by atoms with van der Waals surface area (Å²) in [6.07, 6.45) is 4.20. The molecule has 1 heterocycles. The predicted molar refractivity (Wildman–Crippen MR) is 114 cm³/mol. The highest BCUT2D eigenvalue weighted by Crippen LogP contribution is 2.38. The van der Waals surface area contributed by atoms with Crippen molar-refractivity contribution in [2.75, 3.05) is 34.4 Å². The molecule has 1 aromatic carbocycles. The van der Waals surface area contributed by atoms with E-state index >= 15 is 0 Å². The number of nitrogens with zero attached hydrogens (tertiary/aromatic N) is 1. The molecule has 30 heavy (non-hydrogen) atoms. The maximum Gasteiger partial charge on any atom is 0.407 e. The van der Waals surface area contributed by atoms with Crippen LogP contribution in [0.15, 0.2) is 18.2 Å². The lowest BCUT2D eigenvalue weighted by atomic mass is 10.0. The highest BCUT2D eigenvalue weighted by Gasteiger charge is 2.25. The van der Waals surface area contributed by atoms with Gasteiger partial charge in [0, 0.05) is 25.2 Å². The Labute approximate surface area is 178 Å². The van der Waals surface area contributed by atoms with Gasteiger partial charge >= 0.3 is 6.09 Å². The minimum atomic E-state index is -0.529. The van der Waals surface area contributed by atoms with Crippen LogP contribution in [0.5, 0.6) is 17.2 Å². The number of alkyl carbamates (subject to hydrolysis) is 1. The van der Waals surface area contributed by atoms with Crippen molar-refractivity contribution in [2.24, 2.45) is 0 Å². The zero-order valence-electron chi connectivity index (χ0n) is 18.6. The lowest BCUT2D eigenvalue weighted by Crippen LogP contribution is -2.47. The molecule has 1 aromatic rings. The second-order valence-corrected chi connectivity index (χ2v) is 8.04. The standard InChI is InChI=1S/C22H32N2O6/c1-22(2,3)30-21(26)23-16-9-11-24(12-10-16)19(25)8-7-15-13-17(27-4)20(29-6)18(14-15)28-5/h7-8,13-14,16H,9-12H2,1-6H3,(H,23,26)/b8-7+. The van der Waals surface area contributed by atoms with Gasteiger partial charge in [0.2, 0.25) is 11.7 Å². The molecule has 8 nitrogen and oxygen atoms in total. The molecule has 1 fully saturated rings. The Morgan fingerprint density at radius 2 is 1.60 bits per heavy atom. The minimum absolute atomic E-state index is 0.00277. The van der Waals surface area contributed by atoms with E-state index in [9.17, 15) is 9.59 Å². The molecule has 0 bridgehead atoms. The molecule has 2 amide bonds. The molecule has 0 spiro atoms. The third kappa shape index (κ3) is 6.57. The van der Waals surface area contributed by atoms with Crippen LogP contribution in [-0.4, -0.2) is 63.0 Å². The predicted octanol–water partition coefficient (Wildman–Crippen LogP) is 3.24. The number of rotatable bonds is 6. The van der Waals surface area contributed by atoms with Crippen LogP contribution in [0.25, 0.3) is 6.08 Å². The molecule has 0 saturated carbocycles. The fourth-order valence-corrected chi connectivity index (χ4v) is 3.19. The molecule has 1 N–H and O–H groups in total. The van der Waals surface area contributed by atoms with Crippen LogP contribution in [-0.2, 0) is 9.53 Å². The van der Waals surface area contributed by atoms with Gasteiger partial charge in [-0.3, -0.25) is 4.79 Å². The highest BCUT2D eigenvalue weighted by atomic mass is 16.6. The number of hydrogen-bond donors (Lipinski definition) is 1. The Bertz CT molecular complexity index is 751. The summed E-state index contributed by atoms with van der Waals surface area (Å²) < 4.78 is 21.3. The molecular weight excluding hydrogens is 388 g/mol. The number of nitrogens with one attached hydrogen (secondary N) is 1. The molecule has 166 valence electrons. The number of carbonyl (C=O) groups excluding carboxylic acids is 2. The fourth-order valence-electron chi connectivity index (χ4n) is 3.19. The first-order chi connectivity index (χ1) is 14.2. The first-order valence-corrected chi connectivity index (χ1v) is 9.93. The van der Waals surface area contributed by atoms with Crippen LogP contribution in [0.2, 0.25) is 0 Å². The van der Waals surface area contributed by atoms with Crippen molar-refractivity contribution >= 4 is 18.1 Å². The summed E-state index contributed by atoms with van der Waals surface area (Å²) >= 11 is 0. The van der Waals surface area contributed by atoms with E-state index in [1.54, 1.807) is 44.4 Å². The van der Waals surface area contributed by atoms with E-state index in [4.69, 9.17) is 18.9 Å². The third-order valence-corrected chi connectivity index (χ3v) is 4.63. The number of amides is 2. The Hall–Kier alpha value is -2.90. The van der Waals surface area contributed by atoms with Gasteiger partial charge in [0.15, 0.2) is 11.5 Å². The van der Waals surface area contributed by atoms with Gasteiger partial charge in [0.1, 0.15) is 5.60 Å². The maximum absolute atomic E-state index is 12.6. The topological polar surface area (TPSA) is 86.3 Å². The quantitative estimate of drug-likeness (QED) is 0.711. The van der Waals surface area contributed by atoms with Gasteiger partial charge in [-0.1, -0.05) is 0 Å². The summed E-state index contributed by atoms with van der Waals surface area (Å²) in [5, 5.41) is 2.87. The third-order valence-electron chi connectivity index (χ3n) is 4.63. The summed E-state index contributed by atoms with van der Waals surface area (Å²) in [6, 6.07) is 3.56. The SMILES string of the molecule is COc1cc(/C=C/C(=O)N2CCC(NC(=O)OC(C)(C)C)CC2)cc(OC)c1OC. The molecule has 1 saturated heterocycles. The van der Waals surface area contributed by atoms with Crippen molar-refractivity contribution < 1.29 is 28.5 Å². The molecule has 1 aliphatic rings. The fraction of sp³-hybridized carbons (Fsp3) is 0.545. The Kier molecular flexibility index (Phi) is 7.97. The maximum atomic E-state index is 12.6. The summed E-state index contributed by atoms with van der Waals surface area (Å²) in [7, 11) is 4.64. The van der Waals surface area contributed by atoms with Crippen molar-refractivity contribution in [1.29, 1.82) is 0 Å². The van der Waals surface area contributed by atoms with Gasteiger partial charge in [-0.05, 0) is 57.4 Å². The largest absolute Gasteiger partial charge is 0.493 e. The number of likely N-dealkylation sites (tertiary alicyclic amines) is 1. The highest BCUT2D eigenvalue weighted by molar-refractivity contribution is 5.92. The molecule has 0 atom stereocenters. The average Bonchev–Trinajstić information content (AvgIpc) is 2.70. The van der Waals surface area contributed by atoms with Crippen LogP contribution in [0.3, 0.4) is 0 Å². The number of piperidine rings is 1. The van der Waals surface area contributed by atoms with Crippen molar-refractivity contribution in [3.05, 3.63) is 23.8 Å². The van der Waals surface area contributed by atoms with Crippen molar-refractivity contribution in [1.82, 2.24) is 10.2 Å². The molecule has 0 radical (unpaired) electrons. The molecule has 2 rings (SSSR count). The average molecular weight is 421 g/mol. The molecule has 8 heteroatoms. The summed E-state index contributed by atoms with van der Waals surface area (Å²) in [5.74, 6) is 1.47. The summed E-state index contributed by atoms with van der Waals surface area (Å²) in [5.41, 5.74) is 0.234. The van der Waals surface area contributed by atoms with E-state index in [1.807, 2.05) is 20.8 Å².